The van der Waals surface area contributed by atoms with Crippen molar-refractivity contribution >= 4 is 11.9 Å². The van der Waals surface area contributed by atoms with E-state index >= 15 is 0 Å². The van der Waals surface area contributed by atoms with Crippen LogP contribution in [0.3, 0.4) is 0 Å². The molecule has 0 radical (unpaired) electrons. The Morgan fingerprint density at radius 1 is 1.23 bits per heavy atom. The van der Waals surface area contributed by atoms with E-state index < -0.39 is 17.5 Å². The average molecular weight is 300 g/mol. The second-order valence-corrected chi connectivity index (χ2v) is 5.62. The molecule has 0 aromatic rings. The predicted octanol–water partition coefficient (Wildman–Crippen LogP) is 1.58. The number of nitriles is 1. The van der Waals surface area contributed by atoms with E-state index in [2.05, 4.69) is 0 Å². The van der Waals surface area contributed by atoms with Crippen LogP contribution in [-0.4, -0.2) is 36.5 Å². The quantitative estimate of drug-likeness (QED) is 0.581. The van der Waals surface area contributed by atoms with Crippen LogP contribution in [0.5, 0.6) is 0 Å². The summed E-state index contributed by atoms with van der Waals surface area (Å²) in [5.74, 6) is -0.739. The Hall–Kier alpha value is -2.81. The third kappa shape index (κ3) is 2.93. The third-order valence-electron chi connectivity index (χ3n) is 3.14. The number of hydrogen-bond donors (Lipinski definition) is 0. The lowest BCUT2D eigenvalue weighted by molar-refractivity contribution is -0.144. The van der Waals surface area contributed by atoms with Gasteiger partial charge in [-0.3, -0.25) is 0 Å². The minimum absolute atomic E-state index is 0.0322. The molecule has 114 valence electrons. The first-order valence-electron chi connectivity index (χ1n) is 6.63. The van der Waals surface area contributed by atoms with Crippen LogP contribution in [0.1, 0.15) is 13.8 Å². The molecule has 0 aromatic heterocycles. The summed E-state index contributed by atoms with van der Waals surface area (Å²) in [5.41, 5.74) is -0.0289. The van der Waals surface area contributed by atoms with Gasteiger partial charge in [0.05, 0.1) is 5.57 Å². The van der Waals surface area contributed by atoms with Crippen LogP contribution < -0.4 is 0 Å². The fourth-order valence-corrected chi connectivity index (χ4v) is 2.16. The van der Waals surface area contributed by atoms with E-state index in [0.29, 0.717) is 16.9 Å². The highest BCUT2D eigenvalue weighted by atomic mass is 16.6. The first-order valence-corrected chi connectivity index (χ1v) is 6.63. The molecule has 0 amide bonds. The number of cyclic esters (lactones) is 2. The molecule has 22 heavy (non-hydrogen) atoms. The summed E-state index contributed by atoms with van der Waals surface area (Å²) < 4.78 is 10.3. The molecule has 0 fully saturated rings. The molecule has 2 aliphatic rings. The number of carbonyl (C=O) groups is 2. The summed E-state index contributed by atoms with van der Waals surface area (Å²) in [4.78, 5) is 25.0. The molecule has 0 saturated heterocycles. The van der Waals surface area contributed by atoms with Gasteiger partial charge in [-0.15, -0.1) is 0 Å². The maximum Gasteiger partial charge on any atom is 0.350 e. The predicted molar refractivity (Wildman–Crippen MR) is 77.9 cm³/mol. The zero-order valence-corrected chi connectivity index (χ0v) is 12.8. The molecule has 0 aliphatic carbocycles. The maximum absolute atomic E-state index is 11.7. The van der Waals surface area contributed by atoms with E-state index in [1.54, 1.807) is 57.3 Å². The average Bonchev–Trinajstić information content (AvgIpc) is 2.83. The highest BCUT2D eigenvalue weighted by molar-refractivity contribution is 5.98. The lowest BCUT2D eigenvalue weighted by Crippen LogP contribution is -2.22. The smallest absolute Gasteiger partial charge is 0.350 e. The topological polar surface area (TPSA) is 79.6 Å². The molecular formula is C16H16N2O4. The molecule has 0 unspecified atom stereocenters. The Balaban J connectivity index is 2.30. The maximum atomic E-state index is 11.7. The molecule has 0 N–H and O–H groups in total. The van der Waals surface area contributed by atoms with Crippen LogP contribution >= 0.6 is 0 Å². The van der Waals surface area contributed by atoms with E-state index in [9.17, 15) is 9.59 Å². The fourth-order valence-electron chi connectivity index (χ4n) is 2.16. The number of nitrogens with zero attached hydrogens (tertiary/aromatic N) is 2. The monoisotopic (exact) mass is 300 g/mol. The lowest BCUT2D eigenvalue weighted by Gasteiger charge is -2.18. The van der Waals surface area contributed by atoms with Crippen molar-refractivity contribution < 1.29 is 19.1 Å². The van der Waals surface area contributed by atoms with Gasteiger partial charge in [0.15, 0.2) is 0 Å². The molecule has 2 aliphatic heterocycles. The van der Waals surface area contributed by atoms with Crippen molar-refractivity contribution in [3.63, 3.8) is 0 Å². The van der Waals surface area contributed by atoms with Crippen molar-refractivity contribution in [3.8, 4) is 6.07 Å². The Labute approximate surface area is 128 Å². The molecule has 0 bridgehead atoms. The summed E-state index contributed by atoms with van der Waals surface area (Å²) in [6, 6.07) is 1.85. The molecule has 6 nitrogen and oxygen atoms in total. The van der Waals surface area contributed by atoms with Gasteiger partial charge in [0.25, 0.3) is 0 Å². The van der Waals surface area contributed by atoms with Crippen molar-refractivity contribution in [1.82, 2.24) is 4.90 Å². The van der Waals surface area contributed by atoms with E-state index in [1.165, 1.54) is 0 Å². The number of rotatable bonds is 3. The van der Waals surface area contributed by atoms with Gasteiger partial charge in [-0.25, -0.2) is 9.59 Å². The number of hydrogen-bond acceptors (Lipinski definition) is 6. The summed E-state index contributed by atoms with van der Waals surface area (Å²) in [6.07, 6.45) is 6.36. The van der Waals surface area contributed by atoms with Crippen LogP contribution in [0.15, 0.2) is 46.9 Å². The molecule has 2 rings (SSSR count). The van der Waals surface area contributed by atoms with Crippen molar-refractivity contribution in [2.24, 2.45) is 0 Å². The molecular weight excluding hydrogens is 284 g/mol. The number of ether oxygens (including phenoxy) is 2. The first kappa shape index (κ1) is 15.6. The van der Waals surface area contributed by atoms with Crippen LogP contribution in [0, 0.1) is 11.3 Å². The van der Waals surface area contributed by atoms with E-state index in [0.717, 1.165) is 0 Å². The normalized spacial score (nSPS) is 22.0. The van der Waals surface area contributed by atoms with E-state index in [1.807, 2.05) is 6.07 Å². The summed E-state index contributed by atoms with van der Waals surface area (Å²) in [7, 11) is 3.60. The lowest BCUT2D eigenvalue weighted by atomic mass is 9.95. The molecule has 0 atom stereocenters. The minimum Gasteiger partial charge on any atom is -0.451 e. The zero-order chi connectivity index (χ0) is 16.5. The Morgan fingerprint density at radius 3 is 2.50 bits per heavy atom. The standard InChI is InChI=1S/C16H16N2O4/c1-16(2)13(12(8-17)15(20)22-16)6-5-11-7-10(9-18(3)4)14(19)21-11/h5-7,9H,1-4H3. The van der Waals surface area contributed by atoms with Gasteiger partial charge in [-0.2, -0.15) is 5.26 Å². The van der Waals surface area contributed by atoms with Crippen molar-refractivity contribution in [1.29, 1.82) is 5.26 Å². The zero-order valence-electron chi connectivity index (χ0n) is 12.8. The van der Waals surface area contributed by atoms with E-state index in [4.69, 9.17) is 14.7 Å². The number of allylic oxidation sites excluding steroid dienone is 1. The van der Waals surface area contributed by atoms with Crippen LogP contribution in [0.25, 0.3) is 0 Å². The molecule has 0 aromatic carbocycles. The number of carbonyl (C=O) groups excluding carboxylic acids is 2. The van der Waals surface area contributed by atoms with Gasteiger partial charge < -0.3 is 14.4 Å². The Bertz CT molecular complexity index is 700. The SMILES string of the molecule is CN(C)C=C1C=C(C=CC2=C(C#N)C(=O)OC2(C)C)OC1=O. The molecule has 2 heterocycles. The second kappa shape index (κ2) is 5.53. The highest BCUT2D eigenvalue weighted by Gasteiger charge is 2.39. The van der Waals surface area contributed by atoms with Gasteiger partial charge in [-0.1, -0.05) is 0 Å². The highest BCUT2D eigenvalue weighted by Crippen LogP contribution is 2.33. The molecule has 0 spiro atoms. The number of esters is 2. The minimum atomic E-state index is -0.885. The van der Waals surface area contributed by atoms with Crippen molar-refractivity contribution in [2.45, 2.75) is 19.4 Å². The van der Waals surface area contributed by atoms with Gasteiger partial charge >= 0.3 is 11.9 Å². The van der Waals surface area contributed by atoms with Gasteiger partial charge in [0.2, 0.25) is 0 Å². The van der Waals surface area contributed by atoms with Crippen molar-refractivity contribution in [2.75, 3.05) is 14.1 Å². The van der Waals surface area contributed by atoms with Gasteiger partial charge in [-0.05, 0) is 32.1 Å². The third-order valence-corrected chi connectivity index (χ3v) is 3.14. The first-order chi connectivity index (χ1) is 10.2. The summed E-state index contributed by atoms with van der Waals surface area (Å²) in [5, 5.41) is 9.06. The molecule has 0 saturated carbocycles. The Morgan fingerprint density at radius 2 is 1.91 bits per heavy atom. The fraction of sp³-hybridized carbons (Fsp3) is 0.312. The van der Waals surface area contributed by atoms with Crippen LogP contribution in [-0.2, 0) is 19.1 Å². The second-order valence-electron chi connectivity index (χ2n) is 5.62. The van der Waals surface area contributed by atoms with Crippen LogP contribution in [0.4, 0.5) is 0 Å². The van der Waals surface area contributed by atoms with Gasteiger partial charge in [0, 0.05) is 25.9 Å². The summed E-state index contributed by atoms with van der Waals surface area (Å²) in [6.45, 7) is 3.39. The largest absolute Gasteiger partial charge is 0.451 e. The van der Waals surface area contributed by atoms with Crippen LogP contribution in [0.2, 0.25) is 0 Å². The summed E-state index contributed by atoms with van der Waals surface area (Å²) >= 11 is 0. The van der Waals surface area contributed by atoms with Crippen molar-refractivity contribution in [3.05, 3.63) is 46.9 Å². The van der Waals surface area contributed by atoms with E-state index in [-0.39, 0.29) is 5.57 Å². The van der Waals surface area contributed by atoms with Gasteiger partial charge in [0.1, 0.15) is 23.0 Å². The molecule has 6 heteroatoms. The Kier molecular flexibility index (Phi) is 3.91.